The molecule has 0 atom stereocenters. The van der Waals surface area contributed by atoms with E-state index < -0.39 is 11.4 Å². The van der Waals surface area contributed by atoms with Crippen molar-refractivity contribution < 1.29 is 9.90 Å². The topological polar surface area (TPSA) is 86.1 Å². The Labute approximate surface area is 182 Å². The van der Waals surface area contributed by atoms with E-state index in [9.17, 15) is 9.90 Å². The van der Waals surface area contributed by atoms with E-state index in [0.29, 0.717) is 17.7 Å². The molecule has 1 aliphatic heterocycles. The highest BCUT2D eigenvalue weighted by Gasteiger charge is 2.41. The molecule has 0 spiro atoms. The van der Waals surface area contributed by atoms with Gasteiger partial charge in [0.2, 0.25) is 0 Å². The molecule has 1 aliphatic rings. The Morgan fingerprint density at radius 2 is 1.70 bits per heavy atom. The van der Waals surface area contributed by atoms with Gasteiger partial charge >= 0.3 is 0 Å². The Balaban J connectivity index is 1.53. The summed E-state index contributed by atoms with van der Waals surface area (Å²) < 4.78 is 0.799. The Hall–Kier alpha value is -3.45. The van der Waals surface area contributed by atoms with Crippen molar-refractivity contribution in [3.8, 4) is 5.75 Å². The fourth-order valence-corrected chi connectivity index (χ4v) is 3.80. The minimum atomic E-state index is -0.624. The van der Waals surface area contributed by atoms with Crippen LogP contribution in [-0.4, -0.2) is 22.9 Å². The molecule has 1 amide bonds. The lowest BCUT2D eigenvalue weighted by molar-refractivity contribution is -0.114. The first-order valence-corrected chi connectivity index (χ1v) is 10.1. The number of phenolic OH excluding ortho intramolecular Hbond substituents is 1. The van der Waals surface area contributed by atoms with Gasteiger partial charge < -0.3 is 5.11 Å². The van der Waals surface area contributed by atoms with Crippen LogP contribution in [0.25, 0.3) is 0 Å². The first-order chi connectivity index (χ1) is 14.6. The molecular formula is C23H19BrN4O2. The molecule has 4 rings (SSSR count). The van der Waals surface area contributed by atoms with E-state index in [1.807, 2.05) is 60.7 Å². The molecule has 3 aromatic carbocycles. The van der Waals surface area contributed by atoms with Crippen molar-refractivity contribution in [2.45, 2.75) is 12.0 Å². The summed E-state index contributed by atoms with van der Waals surface area (Å²) in [5.41, 5.74) is 7.93. The lowest BCUT2D eigenvalue weighted by Gasteiger charge is -2.30. The fourth-order valence-electron chi connectivity index (χ4n) is 3.42. The van der Waals surface area contributed by atoms with E-state index in [0.717, 1.165) is 15.6 Å². The Morgan fingerprint density at radius 3 is 2.33 bits per heavy atom. The summed E-state index contributed by atoms with van der Waals surface area (Å²) in [5.74, 6) is -0.329. The predicted molar refractivity (Wildman–Crippen MR) is 120 cm³/mol. The standard InChI is InChI=1S/C23H19BrN4O2/c24-19-11-12-21(29)16(13-19)15-25-27-22(30)20-14-23(28-26-20,17-7-3-1-4-8-17)18-9-5-2-6-10-18/h1-13,15,28-29H,14H2,(H,27,30)/b25-15+. The van der Waals surface area contributed by atoms with Crippen LogP contribution < -0.4 is 10.9 Å². The fraction of sp³-hybridized carbons (Fsp3) is 0.0870. The van der Waals surface area contributed by atoms with E-state index >= 15 is 0 Å². The Kier molecular flexibility index (Phi) is 5.63. The summed E-state index contributed by atoms with van der Waals surface area (Å²) in [6, 6.07) is 24.8. The molecule has 0 saturated heterocycles. The van der Waals surface area contributed by atoms with E-state index in [1.54, 1.807) is 18.2 Å². The van der Waals surface area contributed by atoms with Gasteiger partial charge in [0.05, 0.1) is 6.21 Å². The van der Waals surface area contributed by atoms with Gasteiger partial charge in [0, 0.05) is 16.5 Å². The van der Waals surface area contributed by atoms with Crippen molar-refractivity contribution in [2.75, 3.05) is 0 Å². The molecule has 0 aliphatic carbocycles. The highest BCUT2D eigenvalue weighted by atomic mass is 79.9. The van der Waals surface area contributed by atoms with Crippen molar-refractivity contribution in [2.24, 2.45) is 10.2 Å². The number of rotatable bonds is 5. The van der Waals surface area contributed by atoms with Crippen LogP contribution in [0.15, 0.2) is 93.5 Å². The summed E-state index contributed by atoms with van der Waals surface area (Å²) in [4.78, 5) is 12.7. The summed E-state index contributed by atoms with van der Waals surface area (Å²) >= 11 is 3.34. The second-order valence-corrected chi connectivity index (χ2v) is 7.80. The summed E-state index contributed by atoms with van der Waals surface area (Å²) in [6.45, 7) is 0. The Morgan fingerprint density at radius 1 is 1.07 bits per heavy atom. The summed E-state index contributed by atoms with van der Waals surface area (Å²) in [5, 5.41) is 18.2. The lowest BCUT2D eigenvalue weighted by Crippen LogP contribution is -2.38. The van der Waals surface area contributed by atoms with Gasteiger partial charge in [-0.1, -0.05) is 76.6 Å². The number of hydrogen-bond acceptors (Lipinski definition) is 5. The van der Waals surface area contributed by atoms with Crippen LogP contribution in [0.5, 0.6) is 5.75 Å². The smallest absolute Gasteiger partial charge is 0.287 e. The van der Waals surface area contributed by atoms with Crippen LogP contribution in [0.2, 0.25) is 0 Å². The molecular weight excluding hydrogens is 444 g/mol. The van der Waals surface area contributed by atoms with Gasteiger partial charge in [0.15, 0.2) is 0 Å². The van der Waals surface area contributed by atoms with Crippen LogP contribution in [0.4, 0.5) is 0 Å². The van der Waals surface area contributed by atoms with Gasteiger partial charge in [-0.25, -0.2) is 5.43 Å². The average molecular weight is 463 g/mol. The van der Waals surface area contributed by atoms with Crippen LogP contribution in [0, 0.1) is 0 Å². The predicted octanol–water partition coefficient (Wildman–Crippen LogP) is 3.90. The van der Waals surface area contributed by atoms with Crippen LogP contribution in [0.1, 0.15) is 23.1 Å². The number of phenols is 1. The number of aromatic hydroxyl groups is 1. The number of hydrazone groups is 2. The quantitative estimate of drug-likeness (QED) is 0.396. The molecule has 3 aromatic rings. The number of carbonyl (C=O) groups excluding carboxylic acids is 1. The zero-order valence-corrected chi connectivity index (χ0v) is 17.5. The normalized spacial score (nSPS) is 14.9. The third-order valence-electron chi connectivity index (χ3n) is 4.97. The highest BCUT2D eigenvalue weighted by Crippen LogP contribution is 2.36. The third-order valence-corrected chi connectivity index (χ3v) is 5.46. The number of nitrogens with zero attached hydrogens (tertiary/aromatic N) is 2. The first-order valence-electron chi connectivity index (χ1n) is 9.35. The van der Waals surface area contributed by atoms with Crippen LogP contribution in [0.3, 0.4) is 0 Å². The molecule has 0 fully saturated rings. The van der Waals surface area contributed by atoms with Crippen LogP contribution in [-0.2, 0) is 10.3 Å². The second kappa shape index (κ2) is 8.51. The number of amides is 1. The molecule has 0 aromatic heterocycles. The van der Waals surface area contributed by atoms with Crippen molar-refractivity contribution >= 4 is 33.8 Å². The maximum atomic E-state index is 12.7. The lowest BCUT2D eigenvalue weighted by atomic mass is 9.80. The van der Waals surface area contributed by atoms with Gasteiger partial charge in [0.25, 0.3) is 5.91 Å². The SMILES string of the molecule is O=C(N/N=C/c1cc(Br)ccc1O)C1=NNC(c2ccccc2)(c2ccccc2)C1. The molecule has 0 bridgehead atoms. The number of hydrogen-bond donors (Lipinski definition) is 3. The largest absolute Gasteiger partial charge is 0.507 e. The number of halogens is 1. The summed E-state index contributed by atoms with van der Waals surface area (Å²) in [7, 11) is 0. The zero-order valence-electron chi connectivity index (χ0n) is 15.9. The Bertz CT molecular complexity index is 1080. The van der Waals surface area contributed by atoms with E-state index in [2.05, 4.69) is 37.0 Å². The van der Waals surface area contributed by atoms with E-state index in [-0.39, 0.29) is 5.75 Å². The molecule has 30 heavy (non-hydrogen) atoms. The molecule has 150 valence electrons. The molecule has 6 nitrogen and oxygen atoms in total. The number of benzene rings is 3. The maximum Gasteiger partial charge on any atom is 0.287 e. The second-order valence-electron chi connectivity index (χ2n) is 6.89. The molecule has 0 saturated carbocycles. The molecule has 0 unspecified atom stereocenters. The average Bonchev–Trinajstić information content (AvgIpc) is 3.24. The molecule has 0 radical (unpaired) electrons. The number of carbonyl (C=O) groups is 1. The third kappa shape index (κ3) is 3.97. The monoisotopic (exact) mass is 462 g/mol. The van der Waals surface area contributed by atoms with Crippen molar-refractivity contribution in [3.63, 3.8) is 0 Å². The zero-order chi connectivity index (χ0) is 21.0. The van der Waals surface area contributed by atoms with Crippen molar-refractivity contribution in [1.82, 2.24) is 10.9 Å². The minimum absolute atomic E-state index is 0.0724. The first kappa shape index (κ1) is 19.8. The van der Waals surface area contributed by atoms with Crippen molar-refractivity contribution in [1.29, 1.82) is 0 Å². The van der Waals surface area contributed by atoms with E-state index in [1.165, 1.54) is 6.21 Å². The van der Waals surface area contributed by atoms with Gasteiger partial charge in [0.1, 0.15) is 17.0 Å². The maximum absolute atomic E-state index is 12.7. The molecule has 7 heteroatoms. The van der Waals surface area contributed by atoms with Gasteiger partial charge in [-0.05, 0) is 29.3 Å². The van der Waals surface area contributed by atoms with Crippen LogP contribution >= 0.6 is 15.9 Å². The summed E-state index contributed by atoms with van der Waals surface area (Å²) in [6.07, 6.45) is 1.77. The molecule has 1 heterocycles. The van der Waals surface area contributed by atoms with E-state index in [4.69, 9.17) is 0 Å². The number of nitrogens with one attached hydrogen (secondary N) is 2. The highest BCUT2D eigenvalue weighted by molar-refractivity contribution is 9.10. The molecule has 3 N–H and O–H groups in total. The minimum Gasteiger partial charge on any atom is -0.507 e. The van der Waals surface area contributed by atoms with Gasteiger partial charge in [-0.2, -0.15) is 10.2 Å². The van der Waals surface area contributed by atoms with Gasteiger partial charge in [-0.3, -0.25) is 10.2 Å². The van der Waals surface area contributed by atoms with Gasteiger partial charge in [-0.15, -0.1) is 0 Å². The van der Waals surface area contributed by atoms with Crippen molar-refractivity contribution in [3.05, 3.63) is 100 Å².